The second-order valence-electron chi connectivity index (χ2n) is 9.50. The standard InChI is InChI=1S/C29H31N5O3.CH3.Sb/c1-32(2)24-14-12-23(13-15-24)30-29(36)33-16-7-10-22(19-33)27-31-26(25-11-4-5-17-34(25)27)20-8-6-9-21(18-20)28(35)37-3;;/h4-6,8-9,11-15,17-18,22H,7,10,16,19H2,1-3H3,(H,30,36);1H3;. The molecule has 1 atom stereocenters. The van der Waals surface area contributed by atoms with Crippen molar-refractivity contribution < 1.29 is 14.3 Å². The Morgan fingerprint density at radius 2 is 1.82 bits per heavy atom. The zero-order valence-corrected chi connectivity index (χ0v) is 25.3. The molecule has 1 fully saturated rings. The molecule has 0 aliphatic carbocycles. The number of anilines is 2. The molecule has 8 nitrogen and oxygen atoms in total. The van der Waals surface area contributed by atoms with Crippen LogP contribution in [-0.2, 0) is 4.74 Å². The predicted molar refractivity (Wildman–Crippen MR) is 157 cm³/mol. The van der Waals surface area contributed by atoms with Gasteiger partial charge in [0.2, 0.25) is 0 Å². The van der Waals surface area contributed by atoms with Gasteiger partial charge in [0, 0.05) is 56.2 Å². The summed E-state index contributed by atoms with van der Waals surface area (Å²) in [7, 11) is 5.35. The van der Waals surface area contributed by atoms with Gasteiger partial charge in [0.1, 0.15) is 5.82 Å². The Morgan fingerprint density at radius 3 is 2.54 bits per heavy atom. The van der Waals surface area contributed by atoms with Crippen LogP contribution in [0.15, 0.2) is 72.9 Å². The number of carbonyl (C=O) groups excluding carboxylic acids is 2. The number of amides is 2. The molecule has 0 saturated carbocycles. The summed E-state index contributed by atoms with van der Waals surface area (Å²) in [5.41, 5.74) is 4.96. The summed E-state index contributed by atoms with van der Waals surface area (Å²) < 4.78 is 7.00. The van der Waals surface area contributed by atoms with Crippen LogP contribution >= 0.6 is 0 Å². The molecule has 3 heterocycles. The topological polar surface area (TPSA) is 79.2 Å². The number of carbonyl (C=O) groups is 2. The van der Waals surface area contributed by atoms with Crippen molar-refractivity contribution in [1.82, 2.24) is 14.3 Å². The Labute approximate surface area is 243 Å². The molecule has 0 spiro atoms. The van der Waals surface area contributed by atoms with Gasteiger partial charge in [0.25, 0.3) is 0 Å². The minimum absolute atomic E-state index is 0.0862. The summed E-state index contributed by atoms with van der Waals surface area (Å²) in [6.45, 7) is 1.28. The van der Waals surface area contributed by atoms with Gasteiger partial charge in [-0.2, -0.15) is 0 Å². The maximum absolute atomic E-state index is 13.1. The Morgan fingerprint density at radius 1 is 1.05 bits per heavy atom. The molecule has 39 heavy (non-hydrogen) atoms. The van der Waals surface area contributed by atoms with Crippen LogP contribution in [0, 0.1) is 0 Å². The van der Waals surface area contributed by atoms with Crippen molar-refractivity contribution in [2.45, 2.75) is 23.6 Å². The van der Waals surface area contributed by atoms with Crippen molar-refractivity contribution in [3.8, 4) is 11.3 Å². The summed E-state index contributed by atoms with van der Waals surface area (Å²) >= 11 is 1.75. The van der Waals surface area contributed by atoms with Gasteiger partial charge in [-0.15, -0.1) is 0 Å². The van der Waals surface area contributed by atoms with Gasteiger partial charge in [-0.05, 0) is 61.4 Å². The van der Waals surface area contributed by atoms with Crippen LogP contribution in [0.3, 0.4) is 0 Å². The first-order valence-electron chi connectivity index (χ1n) is 12.9. The van der Waals surface area contributed by atoms with Crippen molar-refractivity contribution in [2.75, 3.05) is 44.5 Å². The third-order valence-electron chi connectivity index (χ3n) is 6.84. The number of imidazole rings is 1. The summed E-state index contributed by atoms with van der Waals surface area (Å²) in [4.78, 5) is 36.2. The first kappa shape index (κ1) is 28.5. The molecule has 202 valence electrons. The molecule has 1 N–H and O–H groups in total. The Balaban J connectivity index is 0.00000172. The molecule has 2 radical (unpaired) electrons. The number of nitrogens with one attached hydrogen (secondary N) is 1. The number of hydrogen-bond donors (Lipinski definition) is 1. The molecular weight excluding hydrogens is 600 g/mol. The number of esters is 1. The van der Waals surface area contributed by atoms with Gasteiger partial charge in [-0.25, -0.2) is 14.6 Å². The molecule has 5 rings (SSSR count). The van der Waals surface area contributed by atoms with Crippen LogP contribution in [-0.4, -0.2) is 83.6 Å². The molecule has 9 heteroatoms. The number of urea groups is 1. The van der Waals surface area contributed by atoms with Gasteiger partial charge in [0.05, 0.1) is 23.9 Å². The van der Waals surface area contributed by atoms with Gasteiger partial charge in [-0.1, -0.05) is 18.2 Å². The van der Waals surface area contributed by atoms with E-state index in [9.17, 15) is 9.59 Å². The van der Waals surface area contributed by atoms with E-state index < -0.39 is 0 Å². The monoisotopic (exact) mass is 633 g/mol. The van der Waals surface area contributed by atoms with Crippen LogP contribution in [0.25, 0.3) is 16.8 Å². The fourth-order valence-electron chi connectivity index (χ4n) is 4.89. The number of benzene rings is 2. The number of ether oxygens (including phenoxy) is 1. The fourth-order valence-corrected chi connectivity index (χ4v) is 4.89. The molecule has 2 aromatic carbocycles. The van der Waals surface area contributed by atoms with Gasteiger partial charge in [0.15, 0.2) is 0 Å². The molecular formula is C30H34N5O3Sb. The average molecular weight is 634 g/mol. The van der Waals surface area contributed by atoms with Crippen molar-refractivity contribution in [3.63, 3.8) is 0 Å². The number of likely N-dealkylation sites (tertiary alicyclic amines) is 1. The molecule has 1 aliphatic heterocycles. The second-order valence-corrected chi connectivity index (χ2v) is 9.50. The third-order valence-corrected chi connectivity index (χ3v) is 6.84. The number of methoxy groups -OCH3 is 1. The predicted octanol–water partition coefficient (Wildman–Crippen LogP) is 5.47. The van der Waals surface area contributed by atoms with Gasteiger partial charge < -0.3 is 24.3 Å². The summed E-state index contributed by atoms with van der Waals surface area (Å²) in [5.74, 6) is 0.626. The van der Waals surface area contributed by atoms with Crippen molar-refractivity contribution in [3.05, 3.63) is 84.3 Å². The van der Waals surface area contributed by atoms with E-state index in [-0.39, 0.29) is 17.9 Å². The van der Waals surface area contributed by atoms with E-state index in [0.29, 0.717) is 18.7 Å². The zero-order chi connectivity index (χ0) is 27.9. The summed E-state index contributed by atoms with van der Waals surface area (Å²) in [6, 6.07) is 21.1. The number of fused-ring (bicyclic) bond motifs is 1. The number of aromatic nitrogens is 2. The fraction of sp³-hybridized carbons (Fsp3) is 0.300. The summed E-state index contributed by atoms with van der Waals surface area (Å²) in [6.07, 6.45) is 3.85. The van der Waals surface area contributed by atoms with Gasteiger partial charge >= 0.3 is 39.9 Å². The number of piperidine rings is 1. The number of pyridine rings is 1. The van der Waals surface area contributed by atoms with Gasteiger partial charge in [-0.3, -0.25) is 0 Å². The first-order valence-corrected chi connectivity index (χ1v) is 15.4. The van der Waals surface area contributed by atoms with E-state index in [1.54, 1.807) is 29.1 Å². The van der Waals surface area contributed by atoms with Crippen molar-refractivity contribution >= 4 is 51.9 Å². The van der Waals surface area contributed by atoms with Crippen LogP contribution in [0.2, 0.25) is 4.87 Å². The second kappa shape index (κ2) is 13.0. The maximum atomic E-state index is 13.1. The van der Waals surface area contributed by atoms with E-state index >= 15 is 0 Å². The molecule has 0 bridgehead atoms. The van der Waals surface area contributed by atoms with Crippen LogP contribution in [0.1, 0.15) is 34.9 Å². The quantitative estimate of drug-likeness (QED) is 0.233. The zero-order valence-electron chi connectivity index (χ0n) is 22.8. The Kier molecular flexibility index (Phi) is 9.52. The van der Waals surface area contributed by atoms with E-state index in [0.717, 1.165) is 46.8 Å². The Hall–Kier alpha value is -3.51. The van der Waals surface area contributed by atoms with Crippen LogP contribution < -0.4 is 10.2 Å². The van der Waals surface area contributed by atoms with E-state index in [1.165, 1.54) is 7.11 Å². The third kappa shape index (κ3) is 6.39. The molecule has 1 unspecified atom stereocenters. The number of rotatable bonds is 5. The average Bonchev–Trinajstić information content (AvgIpc) is 3.38. The molecule has 2 amide bonds. The van der Waals surface area contributed by atoms with Crippen LogP contribution in [0.5, 0.6) is 0 Å². The summed E-state index contributed by atoms with van der Waals surface area (Å²) in [5, 5.41) is 3.04. The van der Waals surface area contributed by atoms with E-state index in [1.807, 2.05) is 90.8 Å². The molecule has 1 aliphatic rings. The number of nitrogens with zero attached hydrogens (tertiary/aromatic N) is 4. The van der Waals surface area contributed by atoms with Crippen molar-refractivity contribution in [1.29, 1.82) is 0 Å². The molecule has 1 saturated heterocycles. The Bertz CT molecular complexity index is 1430. The SMILES string of the molecule is COC(=O)c1cccc(-c2nc(C3CCCN(C(=O)Nc4ccc(N(C)C)cc4)C3)n3ccccc23)c1.[CH3][Sb]. The first-order chi connectivity index (χ1) is 18.9. The number of hydrogen-bond acceptors (Lipinski definition) is 5. The molecule has 4 aromatic rings. The normalized spacial score (nSPS) is 14.8. The molecule has 2 aromatic heterocycles. The van der Waals surface area contributed by atoms with Crippen LogP contribution in [0.4, 0.5) is 16.2 Å². The van der Waals surface area contributed by atoms with E-state index in [2.05, 4.69) is 14.6 Å². The van der Waals surface area contributed by atoms with Crippen molar-refractivity contribution in [2.24, 2.45) is 0 Å². The van der Waals surface area contributed by atoms with E-state index in [4.69, 9.17) is 9.72 Å². The minimum atomic E-state index is -0.379.